The standard InChI is InChI=1S/C21H19ClN6O5S.H2/c1-7-6-34-17(23-7)13-12-15(33-27-13)11(22)14-10(24-12)4-21(18(29)25-20(31)26-19(21)30)16-9(3)32-8(2)5-28(14)16;/h6,8-9,16H,4-5H2,1-3H3,(H2,25,26,29,30,31);1H/t8-,9+,16-;/m1./s1. The Kier molecular flexibility index (Phi) is 4.54. The van der Waals surface area contributed by atoms with Gasteiger partial charge in [-0.2, -0.15) is 0 Å². The summed E-state index contributed by atoms with van der Waals surface area (Å²) in [5.74, 6) is -1.38. The lowest BCUT2D eigenvalue weighted by molar-refractivity contribution is -0.153. The second kappa shape index (κ2) is 7.20. The number of halogens is 1. The van der Waals surface area contributed by atoms with Gasteiger partial charge in [-0.25, -0.2) is 14.8 Å². The number of thiazole rings is 1. The van der Waals surface area contributed by atoms with E-state index in [1.807, 2.05) is 24.1 Å². The number of aromatic nitrogens is 3. The maximum absolute atomic E-state index is 13.3. The molecular formula is C21H21ClN6O5S. The number of urea groups is 1. The SMILES string of the molecule is Cc1csc(-c2noc3c(Cl)c4c(nc23)CC2(C(=O)NC(=O)NC2=O)[C@H]2[C@H](C)O[C@H](C)CN42)n1.[HH]. The Bertz CT molecular complexity index is 1390. The van der Waals surface area contributed by atoms with E-state index < -0.39 is 35.4 Å². The summed E-state index contributed by atoms with van der Waals surface area (Å²) in [6.07, 6.45) is -0.800. The molecule has 11 nitrogen and oxygen atoms in total. The number of rotatable bonds is 1. The van der Waals surface area contributed by atoms with Crippen LogP contribution in [0.3, 0.4) is 0 Å². The lowest BCUT2D eigenvalue weighted by Crippen LogP contribution is -2.75. The predicted molar refractivity (Wildman–Crippen MR) is 124 cm³/mol. The van der Waals surface area contributed by atoms with Crippen LogP contribution in [0.25, 0.3) is 21.8 Å². The number of ether oxygens (including phenoxy) is 1. The number of amides is 4. The Morgan fingerprint density at radius 2 is 1.97 bits per heavy atom. The zero-order valence-electron chi connectivity index (χ0n) is 18.3. The van der Waals surface area contributed by atoms with Crippen molar-refractivity contribution in [2.75, 3.05) is 11.4 Å². The number of nitrogens with one attached hydrogen (secondary N) is 2. The second-order valence-electron chi connectivity index (χ2n) is 8.86. The van der Waals surface area contributed by atoms with E-state index >= 15 is 0 Å². The summed E-state index contributed by atoms with van der Waals surface area (Å²) in [6.45, 7) is 5.93. The largest absolute Gasteiger partial charge is 0.372 e. The molecule has 0 aromatic carbocycles. The first-order chi connectivity index (χ1) is 16.2. The van der Waals surface area contributed by atoms with Crippen LogP contribution in [0.5, 0.6) is 0 Å². The number of barbiturate groups is 1. The number of hydrogen-bond acceptors (Lipinski definition) is 10. The molecule has 3 aromatic heterocycles. The van der Waals surface area contributed by atoms with Gasteiger partial charge in [0, 0.05) is 25.5 Å². The van der Waals surface area contributed by atoms with Crippen molar-refractivity contribution in [2.45, 2.75) is 45.4 Å². The lowest BCUT2D eigenvalue weighted by Gasteiger charge is -2.55. The van der Waals surface area contributed by atoms with Gasteiger partial charge in [0.05, 0.1) is 29.6 Å². The number of imide groups is 2. The van der Waals surface area contributed by atoms with Crippen molar-refractivity contribution in [1.82, 2.24) is 25.8 Å². The molecule has 3 aromatic rings. The minimum absolute atomic E-state index is 0. The number of carbonyl (C=O) groups excluding carboxylic acids is 3. The van der Waals surface area contributed by atoms with E-state index in [2.05, 4.69) is 20.8 Å². The normalized spacial score (nSPS) is 25.8. The number of aryl methyl sites for hydroxylation is 1. The molecule has 0 bridgehead atoms. The van der Waals surface area contributed by atoms with Crippen LogP contribution >= 0.6 is 22.9 Å². The smallest absolute Gasteiger partial charge is 0.328 e. The van der Waals surface area contributed by atoms with E-state index in [4.69, 9.17) is 25.8 Å². The van der Waals surface area contributed by atoms with Crippen LogP contribution < -0.4 is 15.5 Å². The fourth-order valence-electron chi connectivity index (χ4n) is 5.36. The molecule has 2 N–H and O–H groups in total. The molecule has 3 aliphatic heterocycles. The average Bonchev–Trinajstić information content (AvgIpc) is 3.37. The Hall–Kier alpha value is -3.09. The number of carbonyl (C=O) groups is 3. The topological polar surface area (TPSA) is 140 Å². The van der Waals surface area contributed by atoms with Crippen molar-refractivity contribution in [3.8, 4) is 10.7 Å². The van der Waals surface area contributed by atoms with Crippen LogP contribution in [-0.4, -0.2) is 57.8 Å². The summed E-state index contributed by atoms with van der Waals surface area (Å²) in [4.78, 5) is 49.6. The minimum Gasteiger partial charge on any atom is -0.372 e. The fourth-order valence-corrected chi connectivity index (χ4v) is 6.48. The van der Waals surface area contributed by atoms with Gasteiger partial charge in [-0.15, -0.1) is 11.3 Å². The number of morpholine rings is 1. The fraction of sp³-hybridized carbons (Fsp3) is 0.429. The van der Waals surface area contributed by atoms with Crippen molar-refractivity contribution < 1.29 is 25.1 Å². The Balaban J connectivity index is 0.00000253. The molecule has 0 radical (unpaired) electrons. The molecule has 0 aliphatic carbocycles. The molecule has 6 rings (SSSR count). The van der Waals surface area contributed by atoms with Crippen LogP contribution in [-0.2, 0) is 20.7 Å². The molecule has 6 heterocycles. The highest BCUT2D eigenvalue weighted by Crippen LogP contribution is 2.50. The van der Waals surface area contributed by atoms with Gasteiger partial charge >= 0.3 is 6.03 Å². The summed E-state index contributed by atoms with van der Waals surface area (Å²) in [5, 5.41) is 11.5. The first-order valence-corrected chi connectivity index (χ1v) is 12.0. The second-order valence-corrected chi connectivity index (χ2v) is 10.1. The summed E-state index contributed by atoms with van der Waals surface area (Å²) >= 11 is 8.27. The van der Waals surface area contributed by atoms with Crippen molar-refractivity contribution in [2.24, 2.45) is 5.41 Å². The molecule has 13 heteroatoms. The molecule has 1 spiro atoms. The van der Waals surface area contributed by atoms with Gasteiger partial charge in [0.1, 0.15) is 15.5 Å². The molecule has 178 valence electrons. The molecule has 34 heavy (non-hydrogen) atoms. The van der Waals surface area contributed by atoms with E-state index in [-0.39, 0.29) is 14.0 Å². The zero-order chi connectivity index (χ0) is 23.9. The van der Waals surface area contributed by atoms with Crippen LogP contribution in [0.4, 0.5) is 10.5 Å². The highest BCUT2D eigenvalue weighted by molar-refractivity contribution is 7.13. The van der Waals surface area contributed by atoms with Crippen LogP contribution in [0.2, 0.25) is 5.02 Å². The quantitative estimate of drug-likeness (QED) is 0.478. The van der Waals surface area contributed by atoms with Gasteiger partial charge in [0.25, 0.3) is 0 Å². The van der Waals surface area contributed by atoms with Gasteiger partial charge in [-0.1, -0.05) is 16.8 Å². The molecule has 0 unspecified atom stereocenters. The Morgan fingerprint density at radius 1 is 1.24 bits per heavy atom. The summed E-state index contributed by atoms with van der Waals surface area (Å²) in [6, 6.07) is -1.57. The molecule has 3 atom stereocenters. The molecule has 0 saturated carbocycles. The van der Waals surface area contributed by atoms with Crippen molar-refractivity contribution in [3.05, 3.63) is 21.8 Å². The highest BCUT2D eigenvalue weighted by atomic mass is 35.5. The number of hydrogen-bond donors (Lipinski definition) is 2. The molecule has 4 amide bonds. The van der Waals surface area contributed by atoms with Gasteiger partial charge in [-0.05, 0) is 20.8 Å². The highest BCUT2D eigenvalue weighted by Gasteiger charge is 2.63. The molecule has 3 aliphatic rings. The molecular weight excluding hydrogens is 484 g/mol. The summed E-state index contributed by atoms with van der Waals surface area (Å²) in [7, 11) is 0. The molecule has 2 saturated heterocycles. The van der Waals surface area contributed by atoms with Crippen molar-refractivity contribution >= 4 is 57.6 Å². The Labute approximate surface area is 203 Å². The minimum atomic E-state index is -1.64. The first kappa shape index (κ1) is 21.4. The lowest BCUT2D eigenvalue weighted by atomic mass is 9.67. The maximum atomic E-state index is 13.3. The molecule has 2 fully saturated rings. The average molecular weight is 505 g/mol. The first-order valence-electron chi connectivity index (χ1n) is 10.7. The van der Waals surface area contributed by atoms with E-state index in [9.17, 15) is 14.4 Å². The van der Waals surface area contributed by atoms with E-state index in [0.717, 1.165) is 5.69 Å². The number of nitrogens with zero attached hydrogens (tertiary/aromatic N) is 4. The third kappa shape index (κ3) is 2.79. The van der Waals surface area contributed by atoms with Crippen LogP contribution in [0.15, 0.2) is 9.90 Å². The number of fused-ring (bicyclic) bond motifs is 5. The Morgan fingerprint density at radius 3 is 2.65 bits per heavy atom. The monoisotopic (exact) mass is 504 g/mol. The third-order valence-electron chi connectivity index (χ3n) is 6.60. The third-order valence-corrected chi connectivity index (χ3v) is 7.92. The van der Waals surface area contributed by atoms with E-state index in [1.54, 1.807) is 6.92 Å². The van der Waals surface area contributed by atoms with Crippen LogP contribution in [0.1, 0.15) is 26.7 Å². The van der Waals surface area contributed by atoms with E-state index in [1.165, 1.54) is 11.3 Å². The van der Waals surface area contributed by atoms with Gasteiger partial charge in [-0.3, -0.25) is 20.2 Å². The number of pyridine rings is 1. The maximum Gasteiger partial charge on any atom is 0.328 e. The number of anilines is 1. The summed E-state index contributed by atoms with van der Waals surface area (Å²) in [5.41, 5.74) is 1.34. The zero-order valence-corrected chi connectivity index (χ0v) is 19.9. The summed E-state index contributed by atoms with van der Waals surface area (Å²) < 4.78 is 11.6. The van der Waals surface area contributed by atoms with Gasteiger partial charge < -0.3 is 14.2 Å². The van der Waals surface area contributed by atoms with E-state index in [0.29, 0.717) is 44.7 Å². The van der Waals surface area contributed by atoms with Crippen molar-refractivity contribution in [3.63, 3.8) is 0 Å². The van der Waals surface area contributed by atoms with Gasteiger partial charge in [0.15, 0.2) is 11.1 Å². The van der Waals surface area contributed by atoms with Gasteiger partial charge in [0.2, 0.25) is 17.4 Å². The van der Waals surface area contributed by atoms with Crippen molar-refractivity contribution in [1.29, 1.82) is 0 Å². The van der Waals surface area contributed by atoms with Crippen LogP contribution in [0, 0.1) is 12.3 Å². The predicted octanol–water partition coefficient (Wildman–Crippen LogP) is 2.44.